The molecule has 0 bridgehead atoms. The van der Waals surface area contributed by atoms with Gasteiger partial charge in [-0.25, -0.2) is 4.39 Å². The van der Waals surface area contributed by atoms with E-state index in [2.05, 4.69) is 5.16 Å². The van der Waals surface area contributed by atoms with E-state index in [1.54, 1.807) is 18.2 Å². The lowest BCUT2D eigenvalue weighted by Crippen LogP contribution is -1.72. The van der Waals surface area contributed by atoms with Crippen LogP contribution in [-0.4, -0.2) is 11.4 Å². The summed E-state index contributed by atoms with van der Waals surface area (Å²) in [4.78, 5) is 0. The van der Waals surface area contributed by atoms with E-state index >= 15 is 0 Å². The summed E-state index contributed by atoms with van der Waals surface area (Å²) < 4.78 is 18.1. The first-order chi connectivity index (χ1) is 6.31. The quantitative estimate of drug-likeness (QED) is 0.415. The van der Waals surface area contributed by atoms with Gasteiger partial charge in [-0.3, -0.25) is 0 Å². The molecule has 0 atom stereocenters. The Hall–Kier alpha value is -1.84. The van der Waals surface area contributed by atoms with E-state index in [0.717, 1.165) is 6.21 Å². The van der Waals surface area contributed by atoms with Crippen molar-refractivity contribution < 1.29 is 14.0 Å². The number of hydrogen-bond acceptors (Lipinski definition) is 3. The molecule has 66 valence electrons. The number of benzene rings is 1. The van der Waals surface area contributed by atoms with Gasteiger partial charge in [-0.1, -0.05) is 17.3 Å². The fraction of sp³-hybridized carbons (Fsp3) is 0. The van der Waals surface area contributed by atoms with Crippen LogP contribution in [-0.2, 0) is 0 Å². The molecule has 1 heterocycles. The van der Waals surface area contributed by atoms with E-state index in [1.165, 1.54) is 6.07 Å². The SMILES string of the molecule is O/N=C/c1cc2cccc(F)c2o1. The lowest BCUT2D eigenvalue weighted by molar-refractivity contribution is 0.321. The zero-order valence-corrected chi connectivity index (χ0v) is 6.57. The molecule has 0 fully saturated rings. The van der Waals surface area contributed by atoms with Crippen LogP contribution in [0.4, 0.5) is 4.39 Å². The van der Waals surface area contributed by atoms with Gasteiger partial charge in [-0.2, -0.15) is 0 Å². The van der Waals surface area contributed by atoms with Gasteiger partial charge < -0.3 is 9.62 Å². The Balaban J connectivity index is 2.68. The number of halogens is 1. The third-order valence-corrected chi connectivity index (χ3v) is 1.70. The molecule has 0 saturated heterocycles. The van der Waals surface area contributed by atoms with Crippen molar-refractivity contribution in [2.75, 3.05) is 0 Å². The molecule has 0 aliphatic carbocycles. The molecule has 0 radical (unpaired) electrons. The van der Waals surface area contributed by atoms with Gasteiger partial charge in [0.1, 0.15) is 12.0 Å². The van der Waals surface area contributed by atoms with Crippen LogP contribution in [0.5, 0.6) is 0 Å². The van der Waals surface area contributed by atoms with Crippen LogP contribution in [0, 0.1) is 5.82 Å². The second kappa shape index (κ2) is 2.90. The summed E-state index contributed by atoms with van der Waals surface area (Å²) in [7, 11) is 0. The van der Waals surface area contributed by atoms with Gasteiger partial charge in [-0.15, -0.1) is 0 Å². The summed E-state index contributed by atoms with van der Waals surface area (Å²) >= 11 is 0. The summed E-state index contributed by atoms with van der Waals surface area (Å²) in [5, 5.41) is 11.7. The van der Waals surface area contributed by atoms with E-state index in [4.69, 9.17) is 9.62 Å². The first-order valence-corrected chi connectivity index (χ1v) is 3.67. The fourth-order valence-corrected chi connectivity index (χ4v) is 1.17. The Bertz CT molecular complexity index is 462. The molecule has 1 aromatic heterocycles. The molecule has 0 amide bonds. The highest BCUT2D eigenvalue weighted by Crippen LogP contribution is 2.20. The molecular weight excluding hydrogens is 173 g/mol. The maximum Gasteiger partial charge on any atom is 0.170 e. The first-order valence-electron chi connectivity index (χ1n) is 3.67. The predicted molar refractivity (Wildman–Crippen MR) is 45.6 cm³/mol. The smallest absolute Gasteiger partial charge is 0.170 e. The van der Waals surface area contributed by atoms with Crippen LogP contribution < -0.4 is 0 Å². The minimum absolute atomic E-state index is 0.178. The number of nitrogens with zero attached hydrogens (tertiary/aromatic N) is 1. The van der Waals surface area contributed by atoms with Crippen molar-refractivity contribution in [3.8, 4) is 0 Å². The molecule has 0 aliphatic heterocycles. The average Bonchev–Trinajstić information content (AvgIpc) is 2.49. The van der Waals surface area contributed by atoms with Crippen LogP contribution in [0.15, 0.2) is 33.8 Å². The summed E-state index contributed by atoms with van der Waals surface area (Å²) in [5.74, 6) is -0.0994. The van der Waals surface area contributed by atoms with Crippen molar-refractivity contribution in [2.45, 2.75) is 0 Å². The van der Waals surface area contributed by atoms with E-state index in [0.29, 0.717) is 11.1 Å². The van der Waals surface area contributed by atoms with Crippen LogP contribution >= 0.6 is 0 Å². The van der Waals surface area contributed by atoms with Gasteiger partial charge >= 0.3 is 0 Å². The molecule has 0 aliphatic rings. The molecule has 13 heavy (non-hydrogen) atoms. The van der Waals surface area contributed by atoms with E-state index < -0.39 is 5.82 Å². The Labute approximate surface area is 73.1 Å². The number of oxime groups is 1. The highest BCUT2D eigenvalue weighted by molar-refractivity contribution is 5.86. The van der Waals surface area contributed by atoms with Crippen molar-refractivity contribution in [2.24, 2.45) is 5.16 Å². The molecule has 2 aromatic rings. The Kier molecular flexibility index (Phi) is 1.73. The van der Waals surface area contributed by atoms with Crippen LogP contribution in [0.25, 0.3) is 11.0 Å². The Morgan fingerprint density at radius 2 is 2.31 bits per heavy atom. The van der Waals surface area contributed by atoms with Gasteiger partial charge in [-0.05, 0) is 12.1 Å². The molecular formula is C9H6FNO2. The van der Waals surface area contributed by atoms with Gasteiger partial charge in [0, 0.05) is 5.39 Å². The third-order valence-electron chi connectivity index (χ3n) is 1.70. The molecule has 1 aromatic carbocycles. The summed E-state index contributed by atoms with van der Waals surface area (Å²) in [5.41, 5.74) is 0.178. The fourth-order valence-electron chi connectivity index (χ4n) is 1.17. The van der Waals surface area contributed by atoms with E-state index in [9.17, 15) is 4.39 Å². The third kappa shape index (κ3) is 1.26. The lowest BCUT2D eigenvalue weighted by atomic mass is 10.2. The Morgan fingerprint density at radius 1 is 1.46 bits per heavy atom. The minimum Gasteiger partial charge on any atom is -0.452 e. The topological polar surface area (TPSA) is 45.7 Å². The van der Waals surface area contributed by atoms with Crippen molar-refractivity contribution in [1.82, 2.24) is 0 Å². The number of rotatable bonds is 1. The van der Waals surface area contributed by atoms with Crippen LogP contribution in [0.3, 0.4) is 0 Å². The van der Waals surface area contributed by atoms with Gasteiger partial charge in [0.15, 0.2) is 11.4 Å². The standard InChI is InChI=1S/C9H6FNO2/c10-8-3-1-2-6-4-7(5-11-12)13-9(6)8/h1-5,12H/b11-5+. The first kappa shape index (κ1) is 7.79. The van der Waals surface area contributed by atoms with Crippen LogP contribution in [0.1, 0.15) is 5.76 Å². The van der Waals surface area contributed by atoms with Crippen molar-refractivity contribution in [1.29, 1.82) is 0 Å². The highest BCUT2D eigenvalue weighted by atomic mass is 19.1. The summed E-state index contributed by atoms with van der Waals surface area (Å²) in [6, 6.07) is 6.22. The van der Waals surface area contributed by atoms with E-state index in [1.807, 2.05) is 0 Å². The highest BCUT2D eigenvalue weighted by Gasteiger charge is 2.05. The van der Waals surface area contributed by atoms with Crippen molar-refractivity contribution in [3.05, 3.63) is 35.8 Å². The van der Waals surface area contributed by atoms with Crippen molar-refractivity contribution >= 4 is 17.2 Å². The van der Waals surface area contributed by atoms with Crippen LogP contribution in [0.2, 0.25) is 0 Å². The average molecular weight is 179 g/mol. The Morgan fingerprint density at radius 3 is 3.00 bits per heavy atom. The normalized spacial score (nSPS) is 11.5. The van der Waals surface area contributed by atoms with Gasteiger partial charge in [0.25, 0.3) is 0 Å². The molecule has 0 spiro atoms. The molecule has 2 rings (SSSR count). The number of fused-ring (bicyclic) bond motifs is 1. The molecule has 1 N–H and O–H groups in total. The van der Waals surface area contributed by atoms with Gasteiger partial charge in [0.05, 0.1) is 0 Å². The minimum atomic E-state index is -0.421. The zero-order valence-electron chi connectivity index (χ0n) is 6.57. The predicted octanol–water partition coefficient (Wildman–Crippen LogP) is 2.38. The monoisotopic (exact) mass is 179 g/mol. The summed E-state index contributed by atoms with van der Waals surface area (Å²) in [6.07, 6.45) is 1.11. The number of para-hydroxylation sites is 1. The molecule has 4 heteroatoms. The maximum atomic E-state index is 13.0. The largest absolute Gasteiger partial charge is 0.452 e. The molecule has 3 nitrogen and oxygen atoms in total. The maximum absolute atomic E-state index is 13.0. The summed E-state index contributed by atoms with van der Waals surface area (Å²) in [6.45, 7) is 0. The molecule has 0 saturated carbocycles. The van der Waals surface area contributed by atoms with E-state index in [-0.39, 0.29) is 5.58 Å². The van der Waals surface area contributed by atoms with Gasteiger partial charge in [0.2, 0.25) is 0 Å². The number of hydrogen-bond donors (Lipinski definition) is 1. The molecule has 0 unspecified atom stereocenters. The second-order valence-corrected chi connectivity index (χ2v) is 2.55. The lowest BCUT2D eigenvalue weighted by Gasteiger charge is -1.87. The number of furan rings is 1. The van der Waals surface area contributed by atoms with Crippen molar-refractivity contribution in [3.63, 3.8) is 0 Å². The second-order valence-electron chi connectivity index (χ2n) is 2.55. The zero-order chi connectivity index (χ0) is 9.26.